The molecular weight excluding hydrogens is 259 g/mol. The standard InChI is InChI=1S/C13H16F3NS/c1-17-12(11-6-3-7-18-11)9-4-2-5-10(8-9)13(14,15)16/h2,4-5,8,11-12,17H,3,6-7H2,1H3. The summed E-state index contributed by atoms with van der Waals surface area (Å²) >= 11 is 1.84. The molecular formula is C13H16F3NS. The fourth-order valence-corrected chi connectivity index (χ4v) is 3.80. The SMILES string of the molecule is CNC(c1cccc(C(F)(F)F)c1)C1CCCS1. The van der Waals surface area contributed by atoms with Crippen LogP contribution in [0.5, 0.6) is 0 Å². The average Bonchev–Trinajstić information content (AvgIpc) is 2.83. The van der Waals surface area contributed by atoms with Crippen LogP contribution in [0.4, 0.5) is 13.2 Å². The van der Waals surface area contributed by atoms with E-state index in [1.807, 2.05) is 18.8 Å². The molecule has 1 aromatic rings. The quantitative estimate of drug-likeness (QED) is 0.899. The molecule has 1 heterocycles. The fraction of sp³-hybridized carbons (Fsp3) is 0.538. The Kier molecular flexibility index (Phi) is 4.22. The largest absolute Gasteiger partial charge is 0.416 e. The summed E-state index contributed by atoms with van der Waals surface area (Å²) < 4.78 is 38.1. The van der Waals surface area contributed by atoms with Crippen LogP contribution in [0, 0.1) is 0 Å². The van der Waals surface area contributed by atoms with Crippen molar-refractivity contribution in [2.24, 2.45) is 0 Å². The number of alkyl halides is 3. The predicted molar refractivity (Wildman–Crippen MR) is 68.7 cm³/mol. The first-order chi connectivity index (χ1) is 8.52. The zero-order chi connectivity index (χ0) is 13.2. The summed E-state index contributed by atoms with van der Waals surface area (Å²) in [6.07, 6.45) is -2.06. The minimum absolute atomic E-state index is 0.000185. The van der Waals surface area contributed by atoms with Gasteiger partial charge in [-0.15, -0.1) is 0 Å². The Balaban J connectivity index is 2.25. The van der Waals surface area contributed by atoms with Gasteiger partial charge in [0, 0.05) is 11.3 Å². The third kappa shape index (κ3) is 3.01. The molecule has 1 N–H and O–H groups in total. The van der Waals surface area contributed by atoms with Crippen molar-refractivity contribution in [1.82, 2.24) is 5.32 Å². The number of hydrogen-bond donors (Lipinski definition) is 1. The number of benzene rings is 1. The molecule has 18 heavy (non-hydrogen) atoms. The Morgan fingerprint density at radius 1 is 1.39 bits per heavy atom. The van der Waals surface area contributed by atoms with Crippen LogP contribution in [0.25, 0.3) is 0 Å². The van der Waals surface area contributed by atoms with Crippen LogP contribution in [-0.2, 0) is 6.18 Å². The first-order valence-electron chi connectivity index (χ1n) is 5.98. The van der Waals surface area contributed by atoms with Crippen LogP contribution in [-0.4, -0.2) is 18.1 Å². The third-order valence-electron chi connectivity index (χ3n) is 3.22. The van der Waals surface area contributed by atoms with Gasteiger partial charge in [0.1, 0.15) is 0 Å². The van der Waals surface area contributed by atoms with Crippen LogP contribution in [0.3, 0.4) is 0 Å². The molecule has 0 amide bonds. The second-order valence-electron chi connectivity index (χ2n) is 4.44. The van der Waals surface area contributed by atoms with Gasteiger partial charge in [-0.3, -0.25) is 0 Å². The van der Waals surface area contributed by atoms with E-state index in [0.717, 1.165) is 30.2 Å². The lowest BCUT2D eigenvalue weighted by Crippen LogP contribution is -2.26. The van der Waals surface area contributed by atoms with E-state index in [0.29, 0.717) is 5.25 Å². The molecule has 100 valence electrons. The maximum Gasteiger partial charge on any atom is 0.416 e. The highest BCUT2D eigenvalue weighted by Gasteiger charge is 2.32. The van der Waals surface area contributed by atoms with Crippen LogP contribution in [0.2, 0.25) is 0 Å². The molecule has 1 aliphatic rings. The van der Waals surface area contributed by atoms with Gasteiger partial charge in [-0.2, -0.15) is 24.9 Å². The molecule has 1 nitrogen and oxygen atoms in total. The van der Waals surface area contributed by atoms with E-state index < -0.39 is 11.7 Å². The lowest BCUT2D eigenvalue weighted by Gasteiger charge is -2.23. The molecule has 0 aliphatic carbocycles. The number of thioether (sulfide) groups is 1. The maximum absolute atomic E-state index is 12.7. The average molecular weight is 275 g/mol. The Morgan fingerprint density at radius 3 is 2.72 bits per heavy atom. The molecule has 0 bridgehead atoms. The van der Waals surface area contributed by atoms with E-state index in [4.69, 9.17) is 0 Å². The van der Waals surface area contributed by atoms with Crippen LogP contribution in [0.1, 0.15) is 30.0 Å². The van der Waals surface area contributed by atoms with Crippen molar-refractivity contribution >= 4 is 11.8 Å². The van der Waals surface area contributed by atoms with Crippen molar-refractivity contribution in [2.75, 3.05) is 12.8 Å². The fourth-order valence-electron chi connectivity index (χ4n) is 2.34. The van der Waals surface area contributed by atoms with Crippen molar-refractivity contribution < 1.29 is 13.2 Å². The van der Waals surface area contributed by atoms with Crippen LogP contribution in [0.15, 0.2) is 24.3 Å². The molecule has 0 radical (unpaired) electrons. The second kappa shape index (κ2) is 5.53. The summed E-state index contributed by atoms with van der Waals surface area (Å²) in [7, 11) is 1.81. The molecule has 1 fully saturated rings. The third-order valence-corrected chi connectivity index (χ3v) is 4.68. The van der Waals surface area contributed by atoms with Gasteiger partial charge in [-0.1, -0.05) is 12.1 Å². The first-order valence-corrected chi connectivity index (χ1v) is 7.03. The Labute approximate surface area is 109 Å². The van der Waals surface area contributed by atoms with Gasteiger partial charge in [0.15, 0.2) is 0 Å². The van der Waals surface area contributed by atoms with Gasteiger partial charge in [-0.25, -0.2) is 0 Å². The van der Waals surface area contributed by atoms with Crippen molar-refractivity contribution in [1.29, 1.82) is 0 Å². The summed E-state index contributed by atoms with van der Waals surface area (Å²) in [6, 6.07) is 5.65. The summed E-state index contributed by atoms with van der Waals surface area (Å²) in [5.41, 5.74) is 0.162. The van der Waals surface area contributed by atoms with E-state index in [1.54, 1.807) is 6.07 Å². The van der Waals surface area contributed by atoms with Gasteiger partial charge in [0.25, 0.3) is 0 Å². The summed E-state index contributed by atoms with van der Waals surface area (Å²) in [6.45, 7) is 0. The number of rotatable bonds is 3. The highest BCUT2D eigenvalue weighted by molar-refractivity contribution is 8.00. The first kappa shape index (κ1) is 13.7. The Morgan fingerprint density at radius 2 is 2.17 bits per heavy atom. The zero-order valence-corrected chi connectivity index (χ0v) is 10.9. The Bertz CT molecular complexity index is 399. The van der Waals surface area contributed by atoms with Crippen molar-refractivity contribution in [3.8, 4) is 0 Å². The Hall–Kier alpha value is -0.680. The molecule has 5 heteroatoms. The molecule has 0 saturated carbocycles. The number of nitrogens with one attached hydrogen (secondary N) is 1. The normalized spacial score (nSPS) is 22.1. The molecule has 2 unspecified atom stereocenters. The molecule has 2 rings (SSSR count). The van der Waals surface area contributed by atoms with E-state index in [9.17, 15) is 13.2 Å². The van der Waals surface area contributed by atoms with Gasteiger partial charge >= 0.3 is 6.18 Å². The summed E-state index contributed by atoms with van der Waals surface area (Å²) in [4.78, 5) is 0. The minimum atomic E-state index is -4.27. The van der Waals surface area contributed by atoms with Crippen molar-refractivity contribution in [2.45, 2.75) is 30.3 Å². The monoisotopic (exact) mass is 275 g/mol. The van der Waals surface area contributed by atoms with Crippen LogP contribution < -0.4 is 5.32 Å². The van der Waals surface area contributed by atoms with Crippen molar-refractivity contribution in [3.05, 3.63) is 35.4 Å². The van der Waals surface area contributed by atoms with E-state index in [-0.39, 0.29) is 6.04 Å². The molecule has 1 aromatic carbocycles. The van der Waals surface area contributed by atoms with E-state index in [1.165, 1.54) is 12.1 Å². The lowest BCUT2D eigenvalue weighted by molar-refractivity contribution is -0.137. The maximum atomic E-state index is 12.7. The van der Waals surface area contributed by atoms with Gasteiger partial charge in [-0.05, 0) is 43.3 Å². The van der Waals surface area contributed by atoms with Gasteiger partial charge in [0.2, 0.25) is 0 Å². The van der Waals surface area contributed by atoms with Gasteiger partial charge in [0.05, 0.1) is 5.56 Å². The summed E-state index contributed by atoms with van der Waals surface area (Å²) in [5, 5.41) is 3.52. The molecule has 1 aliphatic heterocycles. The smallest absolute Gasteiger partial charge is 0.312 e. The van der Waals surface area contributed by atoms with E-state index >= 15 is 0 Å². The van der Waals surface area contributed by atoms with Crippen molar-refractivity contribution in [3.63, 3.8) is 0 Å². The number of halogens is 3. The minimum Gasteiger partial charge on any atom is -0.312 e. The second-order valence-corrected chi connectivity index (χ2v) is 5.79. The van der Waals surface area contributed by atoms with Gasteiger partial charge < -0.3 is 5.32 Å². The topological polar surface area (TPSA) is 12.0 Å². The molecule has 0 spiro atoms. The highest BCUT2D eigenvalue weighted by atomic mass is 32.2. The number of hydrogen-bond acceptors (Lipinski definition) is 2. The van der Waals surface area contributed by atoms with Crippen LogP contribution >= 0.6 is 11.8 Å². The summed E-state index contributed by atoms with van der Waals surface area (Å²) in [5.74, 6) is 1.10. The lowest BCUT2D eigenvalue weighted by atomic mass is 9.99. The molecule has 0 aromatic heterocycles. The predicted octanol–water partition coefficient (Wildman–Crippen LogP) is 3.86. The zero-order valence-electron chi connectivity index (χ0n) is 10.1. The highest BCUT2D eigenvalue weighted by Crippen LogP contribution is 2.37. The molecule has 1 saturated heterocycles. The molecule has 2 atom stereocenters. The van der Waals surface area contributed by atoms with E-state index in [2.05, 4.69) is 5.32 Å².